The Hall–Kier alpha value is -3.32. The summed E-state index contributed by atoms with van der Waals surface area (Å²) in [6, 6.07) is 15.4. The van der Waals surface area contributed by atoms with Gasteiger partial charge in [0.05, 0.1) is 11.1 Å². The number of rotatable bonds is 6. The van der Waals surface area contributed by atoms with E-state index >= 15 is 0 Å². The minimum atomic E-state index is -0.413. The normalized spacial score (nSPS) is 11.9. The predicted octanol–water partition coefficient (Wildman–Crippen LogP) is 2.75. The topological polar surface area (TPSA) is 73.6 Å². The first-order valence-electron chi connectivity index (χ1n) is 9.76. The molecule has 152 valence electrons. The van der Waals surface area contributed by atoms with Crippen LogP contribution in [0.2, 0.25) is 0 Å². The van der Waals surface area contributed by atoms with Crippen molar-refractivity contribution in [2.75, 3.05) is 6.61 Å². The molecule has 7 heteroatoms. The van der Waals surface area contributed by atoms with Crippen LogP contribution in [0.4, 0.5) is 0 Å². The van der Waals surface area contributed by atoms with Crippen LogP contribution in [0.15, 0.2) is 58.1 Å². The second-order valence-electron chi connectivity index (χ2n) is 7.05. The molecule has 0 N–H and O–H groups in total. The molecule has 0 saturated heterocycles. The summed E-state index contributed by atoms with van der Waals surface area (Å²) in [6.07, 6.45) is 3.03. The molecule has 0 aliphatic carbocycles. The van der Waals surface area contributed by atoms with Gasteiger partial charge in [-0.15, -0.1) is 0 Å². The SMILES string of the molecule is CCCOc1ccc(Cc2nn3c(=O)/c(=C/c4ccc(C)cc4)sc3nc2=O)cc1. The molecular formula is C23H21N3O3S. The zero-order valence-electron chi connectivity index (χ0n) is 16.8. The molecule has 0 aliphatic heterocycles. The van der Waals surface area contributed by atoms with Crippen molar-refractivity contribution in [1.29, 1.82) is 0 Å². The van der Waals surface area contributed by atoms with Crippen molar-refractivity contribution in [1.82, 2.24) is 14.6 Å². The number of hydrogen-bond donors (Lipinski definition) is 0. The summed E-state index contributed by atoms with van der Waals surface area (Å²) in [5.74, 6) is 0.787. The van der Waals surface area contributed by atoms with Gasteiger partial charge in [-0.1, -0.05) is 60.2 Å². The maximum Gasteiger partial charge on any atom is 0.296 e. The third kappa shape index (κ3) is 4.31. The average Bonchev–Trinajstić information content (AvgIpc) is 3.04. The van der Waals surface area contributed by atoms with Crippen LogP contribution >= 0.6 is 11.3 Å². The summed E-state index contributed by atoms with van der Waals surface area (Å²) in [4.78, 5) is 29.6. The molecule has 2 heterocycles. The fourth-order valence-electron chi connectivity index (χ4n) is 2.98. The van der Waals surface area contributed by atoms with Gasteiger partial charge in [0.2, 0.25) is 4.96 Å². The summed E-state index contributed by atoms with van der Waals surface area (Å²) in [5.41, 5.74) is 2.52. The molecule has 0 atom stereocenters. The number of aryl methyl sites for hydroxylation is 1. The van der Waals surface area contributed by atoms with E-state index in [2.05, 4.69) is 17.0 Å². The first kappa shape index (κ1) is 20.0. The van der Waals surface area contributed by atoms with Gasteiger partial charge in [-0.25, -0.2) is 0 Å². The Balaban J connectivity index is 1.66. The molecular weight excluding hydrogens is 398 g/mol. The van der Waals surface area contributed by atoms with Crippen LogP contribution < -0.4 is 20.4 Å². The first-order valence-corrected chi connectivity index (χ1v) is 10.6. The zero-order chi connectivity index (χ0) is 21.1. The lowest BCUT2D eigenvalue weighted by molar-refractivity contribution is 0.317. The van der Waals surface area contributed by atoms with Gasteiger partial charge in [0.15, 0.2) is 0 Å². The highest BCUT2D eigenvalue weighted by Crippen LogP contribution is 2.14. The van der Waals surface area contributed by atoms with E-state index < -0.39 is 5.56 Å². The smallest absolute Gasteiger partial charge is 0.296 e. The second-order valence-corrected chi connectivity index (χ2v) is 8.06. The molecule has 4 aromatic rings. The molecule has 0 aliphatic rings. The van der Waals surface area contributed by atoms with E-state index in [1.54, 1.807) is 6.08 Å². The minimum absolute atomic E-state index is 0.242. The summed E-state index contributed by atoms with van der Waals surface area (Å²) in [7, 11) is 0. The van der Waals surface area contributed by atoms with E-state index in [1.807, 2.05) is 55.5 Å². The van der Waals surface area contributed by atoms with E-state index in [9.17, 15) is 9.59 Å². The van der Waals surface area contributed by atoms with Crippen molar-refractivity contribution >= 4 is 22.4 Å². The van der Waals surface area contributed by atoms with E-state index in [0.29, 0.717) is 22.5 Å². The molecule has 0 amide bonds. The van der Waals surface area contributed by atoms with Crippen molar-refractivity contribution in [3.05, 3.63) is 96.2 Å². The maximum absolute atomic E-state index is 12.8. The molecule has 0 unspecified atom stereocenters. The summed E-state index contributed by atoms with van der Waals surface area (Å²) in [5, 5.41) is 4.31. The average molecular weight is 420 g/mol. The molecule has 6 nitrogen and oxygen atoms in total. The van der Waals surface area contributed by atoms with Gasteiger partial charge >= 0.3 is 0 Å². The van der Waals surface area contributed by atoms with Gasteiger partial charge < -0.3 is 4.74 Å². The third-order valence-electron chi connectivity index (χ3n) is 4.59. The lowest BCUT2D eigenvalue weighted by atomic mass is 10.1. The van der Waals surface area contributed by atoms with Gasteiger partial charge in [-0.2, -0.15) is 14.6 Å². The van der Waals surface area contributed by atoms with Crippen LogP contribution in [0.5, 0.6) is 5.75 Å². The number of aromatic nitrogens is 3. The first-order chi connectivity index (χ1) is 14.5. The Morgan fingerprint density at radius 2 is 1.80 bits per heavy atom. The molecule has 0 bridgehead atoms. The Bertz CT molecular complexity index is 1340. The molecule has 0 fully saturated rings. The monoisotopic (exact) mass is 419 g/mol. The third-order valence-corrected chi connectivity index (χ3v) is 5.55. The number of nitrogens with zero attached hydrogens (tertiary/aromatic N) is 3. The Kier molecular flexibility index (Phi) is 5.72. The van der Waals surface area contributed by atoms with E-state index in [4.69, 9.17) is 4.74 Å². The van der Waals surface area contributed by atoms with Crippen LogP contribution in [0, 0.1) is 6.92 Å². The molecule has 2 aromatic heterocycles. The Labute approximate surface area is 177 Å². The van der Waals surface area contributed by atoms with Gasteiger partial charge in [0, 0.05) is 6.42 Å². The number of thiazole rings is 1. The summed E-state index contributed by atoms with van der Waals surface area (Å²) in [6.45, 7) is 4.72. The highest BCUT2D eigenvalue weighted by atomic mass is 32.1. The predicted molar refractivity (Wildman–Crippen MR) is 118 cm³/mol. The highest BCUT2D eigenvalue weighted by Gasteiger charge is 2.12. The van der Waals surface area contributed by atoms with Crippen molar-refractivity contribution in [3.63, 3.8) is 0 Å². The molecule has 2 aromatic carbocycles. The van der Waals surface area contributed by atoms with Crippen LogP contribution in [0.3, 0.4) is 0 Å². The zero-order valence-corrected chi connectivity index (χ0v) is 17.6. The van der Waals surface area contributed by atoms with Crippen LogP contribution in [-0.4, -0.2) is 21.2 Å². The molecule has 0 spiro atoms. The van der Waals surface area contributed by atoms with Gasteiger partial charge in [0.1, 0.15) is 11.4 Å². The maximum atomic E-state index is 12.8. The van der Waals surface area contributed by atoms with E-state index in [1.165, 1.54) is 15.9 Å². The van der Waals surface area contributed by atoms with Crippen LogP contribution in [0.25, 0.3) is 11.0 Å². The standard InChI is InChI=1S/C23H21N3O3S/c1-3-12-29-18-10-8-16(9-11-18)13-19-21(27)24-23-26(25-19)22(28)20(30-23)14-17-6-4-15(2)5-7-17/h4-11,14H,3,12-13H2,1-2H3/b20-14-. The fourth-order valence-corrected chi connectivity index (χ4v) is 3.89. The molecule has 4 rings (SSSR count). The number of benzene rings is 2. The van der Waals surface area contributed by atoms with Crippen LogP contribution in [0.1, 0.15) is 35.7 Å². The Morgan fingerprint density at radius 1 is 1.07 bits per heavy atom. The molecule has 30 heavy (non-hydrogen) atoms. The van der Waals surface area contributed by atoms with Gasteiger partial charge in [-0.05, 0) is 42.7 Å². The fraction of sp³-hybridized carbons (Fsp3) is 0.217. The summed E-state index contributed by atoms with van der Waals surface area (Å²) >= 11 is 1.17. The number of fused-ring (bicyclic) bond motifs is 1. The van der Waals surface area contributed by atoms with Gasteiger partial charge in [0.25, 0.3) is 11.1 Å². The largest absolute Gasteiger partial charge is 0.494 e. The Morgan fingerprint density at radius 3 is 2.50 bits per heavy atom. The minimum Gasteiger partial charge on any atom is -0.494 e. The summed E-state index contributed by atoms with van der Waals surface area (Å²) < 4.78 is 7.29. The lowest BCUT2D eigenvalue weighted by Gasteiger charge is -2.05. The molecule has 0 saturated carbocycles. The van der Waals surface area contributed by atoms with Crippen molar-refractivity contribution in [2.45, 2.75) is 26.7 Å². The number of ether oxygens (including phenoxy) is 1. The highest BCUT2D eigenvalue weighted by molar-refractivity contribution is 7.15. The van der Waals surface area contributed by atoms with Crippen molar-refractivity contribution < 1.29 is 4.74 Å². The number of hydrogen-bond acceptors (Lipinski definition) is 6. The van der Waals surface area contributed by atoms with Crippen molar-refractivity contribution in [3.8, 4) is 5.75 Å². The van der Waals surface area contributed by atoms with Crippen LogP contribution in [-0.2, 0) is 6.42 Å². The van der Waals surface area contributed by atoms with E-state index in [0.717, 1.165) is 28.9 Å². The lowest BCUT2D eigenvalue weighted by Crippen LogP contribution is -2.28. The van der Waals surface area contributed by atoms with Gasteiger partial charge in [-0.3, -0.25) is 9.59 Å². The molecule has 0 radical (unpaired) electrons. The van der Waals surface area contributed by atoms with E-state index in [-0.39, 0.29) is 11.3 Å². The van der Waals surface area contributed by atoms with Crippen molar-refractivity contribution in [2.24, 2.45) is 0 Å². The quantitative estimate of drug-likeness (QED) is 0.481. The second kappa shape index (κ2) is 8.59.